The molecule has 94 valence electrons. The number of hydrogen-bond donors (Lipinski definition) is 1. The number of allylic oxidation sites excluding steroid dienone is 3. The van der Waals surface area contributed by atoms with E-state index in [0.29, 0.717) is 0 Å². The third kappa shape index (κ3) is 2.13. The van der Waals surface area contributed by atoms with Crippen LogP contribution in [0.1, 0.15) is 19.4 Å². The Morgan fingerprint density at radius 2 is 2.22 bits per heavy atom. The van der Waals surface area contributed by atoms with E-state index >= 15 is 0 Å². The molecule has 18 heavy (non-hydrogen) atoms. The first kappa shape index (κ1) is 13.0. The van der Waals surface area contributed by atoms with Crippen molar-refractivity contribution in [3.8, 4) is 0 Å². The largest absolute Gasteiger partial charge is 0.366 e. The molecule has 0 aromatic heterocycles. The highest BCUT2D eigenvalue weighted by Crippen LogP contribution is 2.39. The van der Waals surface area contributed by atoms with E-state index < -0.39 is 0 Å². The summed E-state index contributed by atoms with van der Waals surface area (Å²) >= 11 is 4.60. The summed E-state index contributed by atoms with van der Waals surface area (Å²) in [4.78, 5) is 3.39. The van der Waals surface area contributed by atoms with Crippen molar-refractivity contribution in [3.63, 3.8) is 0 Å². The fourth-order valence-electron chi connectivity index (χ4n) is 2.43. The molecule has 0 saturated heterocycles. The van der Waals surface area contributed by atoms with Crippen LogP contribution in [0.25, 0.3) is 5.57 Å². The van der Waals surface area contributed by atoms with Gasteiger partial charge in [0.1, 0.15) is 0 Å². The molecule has 0 aliphatic carbocycles. The van der Waals surface area contributed by atoms with Crippen LogP contribution >= 0.6 is 12.6 Å². The minimum absolute atomic E-state index is 0.907. The molecule has 0 radical (unpaired) electrons. The first-order valence-electron chi connectivity index (χ1n) is 6.28. The van der Waals surface area contributed by atoms with Gasteiger partial charge in [0.2, 0.25) is 0 Å². The average molecular weight is 257 g/mol. The maximum atomic E-state index is 4.60. The topological polar surface area (TPSA) is 3.24 Å². The standard InChI is InChI=1S/C16H19NS/c1-4-8-13-12(5-2)11-17(6-3)16-14(13)9-7-10-15(16)18/h4-5,7-10,18H,2,6,11H2,1,3H3/b8-4-. The summed E-state index contributed by atoms with van der Waals surface area (Å²) in [5, 5.41) is 0. The minimum atomic E-state index is 0.907. The average Bonchev–Trinajstić information content (AvgIpc) is 2.39. The molecule has 0 bridgehead atoms. The van der Waals surface area contributed by atoms with Gasteiger partial charge in [0, 0.05) is 23.5 Å². The monoisotopic (exact) mass is 257 g/mol. The summed E-state index contributed by atoms with van der Waals surface area (Å²) in [6, 6.07) is 6.27. The predicted octanol–water partition coefficient (Wildman–Crippen LogP) is 4.33. The van der Waals surface area contributed by atoms with Gasteiger partial charge >= 0.3 is 0 Å². The molecular weight excluding hydrogens is 238 g/mol. The first-order valence-corrected chi connectivity index (χ1v) is 6.73. The van der Waals surface area contributed by atoms with Crippen molar-refractivity contribution in [2.24, 2.45) is 0 Å². The van der Waals surface area contributed by atoms with Crippen molar-refractivity contribution >= 4 is 23.9 Å². The molecule has 2 heteroatoms. The second-order valence-electron chi connectivity index (χ2n) is 4.33. The third-order valence-electron chi connectivity index (χ3n) is 3.29. The number of rotatable bonds is 3. The summed E-state index contributed by atoms with van der Waals surface area (Å²) in [5.74, 6) is 0. The highest BCUT2D eigenvalue weighted by Gasteiger charge is 2.22. The Kier molecular flexibility index (Phi) is 3.97. The molecule has 0 spiro atoms. The van der Waals surface area contributed by atoms with Crippen LogP contribution in [-0.4, -0.2) is 13.1 Å². The van der Waals surface area contributed by atoms with E-state index in [9.17, 15) is 0 Å². The van der Waals surface area contributed by atoms with Gasteiger partial charge in [-0.2, -0.15) is 0 Å². The third-order valence-corrected chi connectivity index (χ3v) is 3.65. The van der Waals surface area contributed by atoms with E-state index in [-0.39, 0.29) is 0 Å². The van der Waals surface area contributed by atoms with Crippen LogP contribution in [0, 0.1) is 0 Å². The van der Waals surface area contributed by atoms with Crippen LogP contribution in [-0.2, 0) is 0 Å². The fraction of sp³-hybridized carbons (Fsp3) is 0.250. The zero-order valence-electron chi connectivity index (χ0n) is 11.0. The van der Waals surface area contributed by atoms with Crippen LogP contribution in [0.3, 0.4) is 0 Å². The van der Waals surface area contributed by atoms with Gasteiger partial charge in [-0.3, -0.25) is 0 Å². The maximum absolute atomic E-state index is 4.60. The highest BCUT2D eigenvalue weighted by molar-refractivity contribution is 7.80. The number of hydrogen-bond acceptors (Lipinski definition) is 2. The number of fused-ring (bicyclic) bond motifs is 1. The van der Waals surface area contributed by atoms with Gasteiger partial charge in [0.05, 0.1) is 5.69 Å². The predicted molar refractivity (Wildman–Crippen MR) is 83.5 cm³/mol. The summed E-state index contributed by atoms with van der Waals surface area (Å²) in [6.45, 7) is 10.0. The molecule has 0 saturated carbocycles. The van der Waals surface area contributed by atoms with Gasteiger partial charge in [-0.1, -0.05) is 36.9 Å². The first-order chi connectivity index (χ1) is 8.72. The number of likely N-dealkylation sites (N-methyl/N-ethyl adjacent to an activating group) is 1. The molecule has 1 aliphatic rings. The Morgan fingerprint density at radius 3 is 2.83 bits per heavy atom. The molecule has 0 unspecified atom stereocenters. The quantitative estimate of drug-likeness (QED) is 0.789. The van der Waals surface area contributed by atoms with Gasteiger partial charge in [-0.25, -0.2) is 0 Å². The normalized spacial score (nSPS) is 15.2. The van der Waals surface area contributed by atoms with Gasteiger partial charge < -0.3 is 4.90 Å². The second-order valence-corrected chi connectivity index (χ2v) is 4.81. The Labute approximate surface area is 115 Å². The summed E-state index contributed by atoms with van der Waals surface area (Å²) < 4.78 is 0. The van der Waals surface area contributed by atoms with Crippen LogP contribution in [0.4, 0.5) is 5.69 Å². The summed E-state index contributed by atoms with van der Waals surface area (Å²) in [5.41, 5.74) is 5.04. The van der Waals surface area contributed by atoms with Crippen LogP contribution < -0.4 is 4.90 Å². The molecule has 1 nitrogen and oxygen atoms in total. The zero-order valence-corrected chi connectivity index (χ0v) is 11.9. The molecule has 0 amide bonds. The van der Waals surface area contributed by atoms with E-state index in [4.69, 9.17) is 0 Å². The lowest BCUT2D eigenvalue weighted by Crippen LogP contribution is -2.29. The smallest absolute Gasteiger partial charge is 0.0584 e. The highest BCUT2D eigenvalue weighted by atomic mass is 32.1. The maximum Gasteiger partial charge on any atom is 0.0584 e. The van der Waals surface area contributed by atoms with Gasteiger partial charge in [0.25, 0.3) is 0 Å². The lowest BCUT2D eigenvalue weighted by atomic mass is 9.93. The number of nitrogens with zero attached hydrogens (tertiary/aromatic N) is 1. The van der Waals surface area contributed by atoms with Crippen LogP contribution in [0.15, 0.2) is 53.5 Å². The summed E-state index contributed by atoms with van der Waals surface area (Å²) in [6.07, 6.45) is 6.21. The Balaban J connectivity index is 2.70. The van der Waals surface area contributed by atoms with E-state index in [1.807, 2.05) is 13.0 Å². The van der Waals surface area contributed by atoms with Crippen molar-refractivity contribution in [2.75, 3.05) is 18.0 Å². The van der Waals surface area contributed by atoms with E-state index in [2.05, 4.69) is 61.4 Å². The molecule has 2 rings (SSSR count). The lowest BCUT2D eigenvalue weighted by molar-refractivity contribution is 0.867. The van der Waals surface area contributed by atoms with Gasteiger partial charge in [-0.15, -0.1) is 12.6 Å². The molecule has 1 aliphatic heterocycles. The lowest BCUT2D eigenvalue weighted by Gasteiger charge is -2.33. The van der Waals surface area contributed by atoms with E-state index in [1.165, 1.54) is 22.4 Å². The minimum Gasteiger partial charge on any atom is -0.366 e. The second kappa shape index (κ2) is 5.49. The Morgan fingerprint density at radius 1 is 1.44 bits per heavy atom. The van der Waals surface area contributed by atoms with Gasteiger partial charge in [-0.05, 0) is 31.1 Å². The van der Waals surface area contributed by atoms with Crippen LogP contribution in [0.2, 0.25) is 0 Å². The molecule has 1 heterocycles. The van der Waals surface area contributed by atoms with Crippen LogP contribution in [0.5, 0.6) is 0 Å². The van der Waals surface area contributed by atoms with Crippen molar-refractivity contribution in [2.45, 2.75) is 18.7 Å². The SMILES string of the molecule is C=CC1=C(/C=C\C)c2cccc(S)c2N(CC)C1. The van der Waals surface area contributed by atoms with E-state index in [1.54, 1.807) is 0 Å². The van der Waals surface area contributed by atoms with Crippen molar-refractivity contribution < 1.29 is 0 Å². The molecule has 0 N–H and O–H groups in total. The number of thiol groups is 1. The molecule has 0 atom stereocenters. The fourth-order valence-corrected chi connectivity index (χ4v) is 2.78. The molecule has 1 aromatic carbocycles. The van der Waals surface area contributed by atoms with Crippen molar-refractivity contribution in [1.82, 2.24) is 0 Å². The Bertz CT molecular complexity index is 526. The van der Waals surface area contributed by atoms with Crippen molar-refractivity contribution in [3.05, 3.63) is 54.1 Å². The molecular formula is C16H19NS. The zero-order chi connectivity index (χ0) is 13.1. The van der Waals surface area contributed by atoms with E-state index in [0.717, 1.165) is 18.0 Å². The summed E-state index contributed by atoms with van der Waals surface area (Å²) in [7, 11) is 0. The molecule has 0 fully saturated rings. The molecule has 1 aromatic rings. The number of para-hydroxylation sites is 1. The van der Waals surface area contributed by atoms with Gasteiger partial charge in [0.15, 0.2) is 0 Å². The Hall–Kier alpha value is -1.41. The number of benzene rings is 1. The number of anilines is 1. The van der Waals surface area contributed by atoms with Crippen molar-refractivity contribution in [1.29, 1.82) is 0 Å².